The van der Waals surface area contributed by atoms with E-state index >= 15 is 0 Å². The van der Waals surface area contributed by atoms with Gasteiger partial charge in [0.25, 0.3) is 0 Å². The predicted molar refractivity (Wildman–Crippen MR) is 78.6 cm³/mol. The van der Waals surface area contributed by atoms with E-state index in [4.69, 9.17) is 5.41 Å². The molecule has 1 aromatic carbocycles. The van der Waals surface area contributed by atoms with Crippen molar-refractivity contribution in [3.8, 4) is 0 Å². The van der Waals surface area contributed by atoms with Crippen LogP contribution in [0.25, 0.3) is 0 Å². The van der Waals surface area contributed by atoms with Gasteiger partial charge in [-0.15, -0.1) is 0 Å². The Hall–Kier alpha value is -1.57. The molecule has 0 aromatic heterocycles. The minimum Gasteiger partial charge on any atom is -0.344 e. The van der Waals surface area contributed by atoms with E-state index in [1.165, 1.54) is 36.0 Å². The Labute approximate surface area is 110 Å². The highest BCUT2D eigenvalue weighted by Gasteiger charge is 2.39. The summed E-state index contributed by atoms with van der Waals surface area (Å²) in [6, 6.07) is 8.60. The van der Waals surface area contributed by atoms with Gasteiger partial charge in [-0.3, -0.25) is 0 Å². The molecule has 1 heterocycles. The third-order valence-electron chi connectivity index (χ3n) is 3.78. The number of rotatable bonds is 4. The zero-order valence-electron chi connectivity index (χ0n) is 11.5. The summed E-state index contributed by atoms with van der Waals surface area (Å²) in [5, 5.41) is 7.39. The van der Waals surface area contributed by atoms with Gasteiger partial charge in [0.05, 0.1) is 0 Å². The molecule has 2 nitrogen and oxygen atoms in total. The van der Waals surface area contributed by atoms with Crippen LogP contribution in [0.4, 0.5) is 5.69 Å². The van der Waals surface area contributed by atoms with Crippen LogP contribution in [0, 0.1) is 5.41 Å². The number of benzene rings is 1. The fourth-order valence-electron chi connectivity index (χ4n) is 2.78. The number of nitrogens with one attached hydrogen (secondary N) is 1. The zero-order chi connectivity index (χ0) is 13.2. The first-order valence-corrected chi connectivity index (χ1v) is 6.71. The lowest BCUT2D eigenvalue weighted by Crippen LogP contribution is -2.27. The number of allylic oxidation sites excluding steroid dienone is 2. The molecule has 96 valence electrons. The fourth-order valence-corrected chi connectivity index (χ4v) is 2.78. The fraction of sp³-hybridized carbons (Fsp3) is 0.438. The highest BCUT2D eigenvalue weighted by Crippen LogP contribution is 2.47. The van der Waals surface area contributed by atoms with Crippen LogP contribution in [0.2, 0.25) is 0 Å². The molecular formula is C16H22N2. The third-order valence-corrected chi connectivity index (χ3v) is 3.78. The van der Waals surface area contributed by atoms with Crippen molar-refractivity contribution in [1.82, 2.24) is 0 Å². The minimum atomic E-state index is 0.00187. The van der Waals surface area contributed by atoms with Crippen LogP contribution in [-0.4, -0.2) is 12.8 Å². The topological polar surface area (TPSA) is 27.1 Å². The Morgan fingerprint density at radius 2 is 2.00 bits per heavy atom. The molecule has 0 fully saturated rings. The second-order valence-corrected chi connectivity index (χ2v) is 5.37. The molecule has 0 saturated heterocycles. The van der Waals surface area contributed by atoms with E-state index in [-0.39, 0.29) is 5.41 Å². The lowest BCUT2D eigenvalue weighted by Gasteiger charge is -2.26. The molecule has 2 rings (SSSR count). The molecule has 1 aliphatic rings. The van der Waals surface area contributed by atoms with Gasteiger partial charge in [0, 0.05) is 29.6 Å². The SMILES string of the molecule is CCCCN1/C(=C\C=N)C(C)(C)c2ccccc21. The summed E-state index contributed by atoms with van der Waals surface area (Å²) in [6.45, 7) is 7.74. The van der Waals surface area contributed by atoms with Gasteiger partial charge in [-0.1, -0.05) is 45.4 Å². The van der Waals surface area contributed by atoms with Gasteiger partial charge in [0.1, 0.15) is 0 Å². The highest BCUT2D eigenvalue weighted by molar-refractivity contribution is 5.78. The smallest absolute Gasteiger partial charge is 0.0450 e. The summed E-state index contributed by atoms with van der Waals surface area (Å²) in [4.78, 5) is 2.38. The normalized spacial score (nSPS) is 19.1. The van der Waals surface area contributed by atoms with E-state index in [9.17, 15) is 0 Å². The van der Waals surface area contributed by atoms with E-state index in [1.54, 1.807) is 0 Å². The van der Waals surface area contributed by atoms with Crippen LogP contribution < -0.4 is 4.90 Å². The highest BCUT2D eigenvalue weighted by atomic mass is 15.2. The first-order chi connectivity index (χ1) is 8.62. The maximum absolute atomic E-state index is 7.39. The molecule has 1 aromatic rings. The van der Waals surface area contributed by atoms with Crippen molar-refractivity contribution in [2.45, 2.75) is 39.0 Å². The number of fused-ring (bicyclic) bond motifs is 1. The molecule has 0 unspecified atom stereocenters. The average Bonchev–Trinajstić information content (AvgIpc) is 2.58. The van der Waals surface area contributed by atoms with Gasteiger partial charge < -0.3 is 10.3 Å². The molecule has 1 aliphatic heterocycles. The van der Waals surface area contributed by atoms with Crippen molar-refractivity contribution in [2.75, 3.05) is 11.4 Å². The lowest BCUT2D eigenvalue weighted by molar-refractivity contribution is 0.625. The second kappa shape index (κ2) is 4.97. The summed E-state index contributed by atoms with van der Waals surface area (Å²) >= 11 is 0. The first-order valence-electron chi connectivity index (χ1n) is 6.71. The quantitative estimate of drug-likeness (QED) is 0.790. The van der Waals surface area contributed by atoms with Gasteiger partial charge in [0.15, 0.2) is 0 Å². The summed E-state index contributed by atoms with van der Waals surface area (Å²) in [7, 11) is 0. The standard InChI is InChI=1S/C16H22N2/c1-4-5-12-18-14-9-7-6-8-13(14)16(2,3)15(18)10-11-17/h6-11,17H,4-5,12H2,1-3H3/b15-10-,17-11?. The number of hydrogen-bond donors (Lipinski definition) is 1. The maximum Gasteiger partial charge on any atom is 0.0450 e. The molecule has 0 saturated carbocycles. The van der Waals surface area contributed by atoms with Gasteiger partial charge in [-0.25, -0.2) is 0 Å². The third kappa shape index (κ3) is 1.96. The molecule has 2 heteroatoms. The number of nitrogens with zero attached hydrogens (tertiary/aromatic N) is 1. The van der Waals surface area contributed by atoms with Crippen molar-refractivity contribution in [3.05, 3.63) is 41.6 Å². The van der Waals surface area contributed by atoms with Crippen LogP contribution in [-0.2, 0) is 5.41 Å². The van der Waals surface area contributed by atoms with Crippen LogP contribution in [0.3, 0.4) is 0 Å². The van der Waals surface area contributed by atoms with E-state index < -0.39 is 0 Å². The van der Waals surface area contributed by atoms with Crippen molar-refractivity contribution < 1.29 is 0 Å². The second-order valence-electron chi connectivity index (χ2n) is 5.37. The maximum atomic E-state index is 7.39. The zero-order valence-corrected chi connectivity index (χ0v) is 11.5. The van der Waals surface area contributed by atoms with Crippen molar-refractivity contribution in [3.63, 3.8) is 0 Å². The molecule has 0 atom stereocenters. The molecule has 0 radical (unpaired) electrons. The van der Waals surface area contributed by atoms with Gasteiger partial charge >= 0.3 is 0 Å². The van der Waals surface area contributed by atoms with Crippen LogP contribution >= 0.6 is 0 Å². The summed E-state index contributed by atoms with van der Waals surface area (Å²) in [5.74, 6) is 0. The Morgan fingerprint density at radius 1 is 1.28 bits per heavy atom. The lowest BCUT2D eigenvalue weighted by atomic mass is 9.84. The van der Waals surface area contributed by atoms with E-state index in [0.29, 0.717) is 0 Å². The molecular weight excluding hydrogens is 220 g/mol. The average molecular weight is 242 g/mol. The minimum absolute atomic E-state index is 0.00187. The Balaban J connectivity index is 2.49. The van der Waals surface area contributed by atoms with E-state index in [2.05, 4.69) is 49.9 Å². The molecule has 18 heavy (non-hydrogen) atoms. The van der Waals surface area contributed by atoms with E-state index in [0.717, 1.165) is 6.54 Å². The first kappa shape index (κ1) is 12.9. The van der Waals surface area contributed by atoms with Gasteiger partial charge in [-0.2, -0.15) is 0 Å². The summed E-state index contributed by atoms with van der Waals surface area (Å²) < 4.78 is 0. The van der Waals surface area contributed by atoms with Crippen LogP contribution in [0.15, 0.2) is 36.0 Å². The Bertz CT molecular complexity index is 472. The summed E-state index contributed by atoms with van der Waals surface area (Å²) in [5.41, 5.74) is 3.92. The van der Waals surface area contributed by atoms with Crippen molar-refractivity contribution in [1.29, 1.82) is 5.41 Å². The van der Waals surface area contributed by atoms with E-state index in [1.807, 2.05) is 6.08 Å². The van der Waals surface area contributed by atoms with Gasteiger partial charge in [-0.05, 0) is 24.1 Å². The van der Waals surface area contributed by atoms with Crippen molar-refractivity contribution >= 4 is 11.9 Å². The van der Waals surface area contributed by atoms with Gasteiger partial charge in [0.2, 0.25) is 0 Å². The number of unbranched alkanes of at least 4 members (excludes halogenated alkanes) is 1. The predicted octanol–water partition coefficient (Wildman–Crippen LogP) is 4.12. The molecule has 0 amide bonds. The monoisotopic (exact) mass is 242 g/mol. The Kier molecular flexibility index (Phi) is 3.55. The summed E-state index contributed by atoms with van der Waals surface area (Å²) in [6.07, 6.45) is 5.72. The van der Waals surface area contributed by atoms with Crippen LogP contribution in [0.1, 0.15) is 39.2 Å². The number of para-hydroxylation sites is 1. The number of anilines is 1. The van der Waals surface area contributed by atoms with Crippen LogP contribution in [0.5, 0.6) is 0 Å². The number of hydrogen-bond acceptors (Lipinski definition) is 2. The Morgan fingerprint density at radius 3 is 2.67 bits per heavy atom. The molecule has 0 aliphatic carbocycles. The van der Waals surface area contributed by atoms with Crippen molar-refractivity contribution in [2.24, 2.45) is 0 Å². The molecule has 0 bridgehead atoms. The largest absolute Gasteiger partial charge is 0.344 e. The molecule has 1 N–H and O–H groups in total. The molecule has 0 spiro atoms.